The molecular weight excluding hydrogens is 668 g/mol. The number of hydrogen-bond acceptors (Lipinski definition) is 8. The topological polar surface area (TPSA) is 175 Å². The fraction of sp³-hybridized carbons (Fsp3) is 0.474. The van der Waals surface area contributed by atoms with Crippen LogP contribution in [0.5, 0.6) is 0 Å². The summed E-state index contributed by atoms with van der Waals surface area (Å²) in [7, 11) is 0. The van der Waals surface area contributed by atoms with E-state index in [0.29, 0.717) is 75.8 Å². The van der Waals surface area contributed by atoms with E-state index >= 15 is 0 Å². The number of carbonyl (C=O) groups is 6. The Morgan fingerprint density at radius 1 is 0.635 bits per heavy atom. The Kier molecular flexibility index (Phi) is 10.8. The number of nitrogens with zero attached hydrogens (tertiary/aromatic N) is 2. The first-order valence-electron chi connectivity index (χ1n) is 18.1. The van der Waals surface area contributed by atoms with Gasteiger partial charge in [0.15, 0.2) is 0 Å². The molecule has 4 N–H and O–H groups in total. The second-order valence-electron chi connectivity index (χ2n) is 13.7. The van der Waals surface area contributed by atoms with Crippen LogP contribution >= 0.6 is 0 Å². The highest BCUT2D eigenvalue weighted by molar-refractivity contribution is 6.02. The Morgan fingerprint density at radius 3 is 1.33 bits per heavy atom. The van der Waals surface area contributed by atoms with Gasteiger partial charge in [-0.25, -0.2) is 9.59 Å². The Hall–Kier alpha value is -5.40. The van der Waals surface area contributed by atoms with Gasteiger partial charge < -0.3 is 40.5 Å². The molecule has 6 rings (SSSR count). The van der Waals surface area contributed by atoms with Crippen LogP contribution in [0.25, 0.3) is 12.2 Å². The summed E-state index contributed by atoms with van der Waals surface area (Å²) in [4.78, 5) is 80.2. The average molecular weight is 715 g/mol. The molecular formula is C38H46N6O8. The van der Waals surface area contributed by atoms with Gasteiger partial charge in [-0.2, -0.15) is 0 Å². The molecule has 0 radical (unpaired) electrons. The number of ether oxygens (including phenoxy) is 2. The molecule has 0 aromatic heterocycles. The molecule has 276 valence electrons. The molecule has 2 atom stereocenters. The van der Waals surface area contributed by atoms with E-state index in [4.69, 9.17) is 9.47 Å². The van der Waals surface area contributed by atoms with Gasteiger partial charge in [-0.1, -0.05) is 36.4 Å². The van der Waals surface area contributed by atoms with Gasteiger partial charge in [0.05, 0.1) is 13.2 Å². The van der Waals surface area contributed by atoms with Crippen molar-refractivity contribution < 1.29 is 38.2 Å². The van der Waals surface area contributed by atoms with Crippen molar-refractivity contribution in [1.29, 1.82) is 0 Å². The zero-order chi connectivity index (χ0) is 36.9. The summed E-state index contributed by atoms with van der Waals surface area (Å²) in [6, 6.07) is 13.5. The lowest BCUT2D eigenvalue weighted by atomic mass is 10.1. The zero-order valence-corrected chi connectivity index (χ0v) is 29.6. The molecule has 2 aromatic carbocycles. The van der Waals surface area contributed by atoms with Crippen molar-refractivity contribution in [3.8, 4) is 0 Å². The first kappa shape index (κ1) is 36.4. The van der Waals surface area contributed by atoms with Crippen molar-refractivity contribution in [2.24, 2.45) is 0 Å². The predicted molar refractivity (Wildman–Crippen MR) is 193 cm³/mol. The van der Waals surface area contributed by atoms with Crippen LogP contribution in [0.1, 0.15) is 76.3 Å². The Balaban J connectivity index is 0.986. The summed E-state index contributed by atoms with van der Waals surface area (Å²) < 4.78 is 9.92. The second-order valence-corrected chi connectivity index (χ2v) is 13.7. The summed E-state index contributed by atoms with van der Waals surface area (Å²) in [5.41, 5.74) is 1.07. The molecule has 52 heavy (non-hydrogen) atoms. The third-order valence-corrected chi connectivity index (χ3v) is 10.0. The molecule has 4 aliphatic rings. The minimum atomic E-state index is -0.984. The first-order valence-corrected chi connectivity index (χ1v) is 18.1. The average Bonchev–Trinajstić information content (AvgIpc) is 3.96. The fourth-order valence-electron chi connectivity index (χ4n) is 6.87. The third kappa shape index (κ3) is 8.21. The van der Waals surface area contributed by atoms with Crippen LogP contribution < -0.4 is 21.3 Å². The van der Waals surface area contributed by atoms with Gasteiger partial charge in [-0.3, -0.25) is 19.2 Å². The standard InChI is InChI=1S/C38H46N6O8/c1-3-51-35(49)41-37(19-20-37)33(47)43-23-5-7-29(43)31(45)39-27-15-11-25(12-16-27)9-10-26-13-17-28(18-14-26)40-32(46)30-8-6-24-44(30)34(48)38(21-22-38)42-36(50)52-4-2/h9-18,29-30H,3-8,19-24H2,1-2H3,(H,39,45)(H,40,46)(H,41,49)(H,42,50)/b10-9+/t29-,30-/m0/s1. The predicted octanol–water partition coefficient (Wildman–Crippen LogP) is 4.27. The molecule has 2 aliphatic carbocycles. The zero-order valence-electron chi connectivity index (χ0n) is 29.6. The summed E-state index contributed by atoms with van der Waals surface area (Å²) in [5, 5.41) is 11.2. The summed E-state index contributed by atoms with van der Waals surface area (Å²) in [5.74, 6) is -1.01. The largest absolute Gasteiger partial charge is 0.450 e. The molecule has 0 unspecified atom stereocenters. The lowest BCUT2D eigenvalue weighted by molar-refractivity contribution is -0.139. The van der Waals surface area contributed by atoms with Crippen LogP contribution in [0.4, 0.5) is 21.0 Å². The van der Waals surface area contributed by atoms with Gasteiger partial charge in [0.1, 0.15) is 23.2 Å². The normalized spacial score (nSPS) is 20.9. The number of carbonyl (C=O) groups excluding carboxylic acids is 6. The number of rotatable bonds is 12. The van der Waals surface area contributed by atoms with Crippen molar-refractivity contribution in [1.82, 2.24) is 20.4 Å². The molecule has 6 amide bonds. The van der Waals surface area contributed by atoms with E-state index in [1.54, 1.807) is 47.9 Å². The Morgan fingerprint density at radius 2 is 1.00 bits per heavy atom. The lowest BCUT2D eigenvalue weighted by Gasteiger charge is -2.28. The highest BCUT2D eigenvalue weighted by Crippen LogP contribution is 2.40. The maximum atomic E-state index is 13.3. The number of alkyl carbamates (subject to hydrolysis) is 2. The van der Waals surface area contributed by atoms with Gasteiger partial charge in [0, 0.05) is 24.5 Å². The Bertz CT molecular complexity index is 1590. The van der Waals surface area contributed by atoms with Crippen molar-refractivity contribution in [2.45, 2.75) is 88.4 Å². The molecule has 14 nitrogen and oxygen atoms in total. The van der Waals surface area contributed by atoms with Crippen LogP contribution in [0.2, 0.25) is 0 Å². The minimum Gasteiger partial charge on any atom is -0.450 e. The quantitative estimate of drug-likeness (QED) is 0.236. The van der Waals surface area contributed by atoms with Crippen LogP contribution in [0.3, 0.4) is 0 Å². The minimum absolute atomic E-state index is 0.210. The number of likely N-dealkylation sites (tertiary alicyclic amines) is 2. The van der Waals surface area contributed by atoms with E-state index in [1.165, 1.54) is 0 Å². The van der Waals surface area contributed by atoms with Crippen LogP contribution in [0.15, 0.2) is 48.5 Å². The number of benzene rings is 2. The molecule has 2 heterocycles. The fourth-order valence-corrected chi connectivity index (χ4v) is 6.87. The molecule has 2 aliphatic heterocycles. The summed E-state index contributed by atoms with van der Waals surface area (Å²) in [6.45, 7) is 4.73. The maximum Gasteiger partial charge on any atom is 0.407 e. The van der Waals surface area contributed by atoms with E-state index in [1.807, 2.05) is 36.4 Å². The number of hydrogen-bond donors (Lipinski definition) is 4. The number of anilines is 2. The molecule has 4 fully saturated rings. The van der Waals surface area contributed by atoms with Crippen molar-refractivity contribution in [3.63, 3.8) is 0 Å². The van der Waals surface area contributed by atoms with Crippen molar-refractivity contribution in [3.05, 3.63) is 59.7 Å². The smallest absolute Gasteiger partial charge is 0.407 e. The second kappa shape index (κ2) is 15.5. The van der Waals surface area contributed by atoms with Crippen molar-refractivity contribution >= 4 is 59.3 Å². The van der Waals surface area contributed by atoms with E-state index in [0.717, 1.165) is 11.1 Å². The van der Waals surface area contributed by atoms with Crippen molar-refractivity contribution in [2.75, 3.05) is 36.9 Å². The van der Waals surface area contributed by atoms with E-state index < -0.39 is 35.3 Å². The van der Waals surface area contributed by atoms with Crippen LogP contribution in [-0.2, 0) is 28.7 Å². The van der Waals surface area contributed by atoms with Crippen LogP contribution in [0, 0.1) is 0 Å². The molecule has 2 aromatic rings. The number of nitrogens with one attached hydrogen (secondary N) is 4. The molecule has 2 saturated carbocycles. The van der Waals surface area contributed by atoms with Gasteiger partial charge in [0.25, 0.3) is 0 Å². The SMILES string of the molecule is CCOC(=O)NC1(C(=O)N2CCC[C@H]2C(=O)Nc2ccc(/C=C/c3ccc(NC(=O)[C@@H]4CCCN4C(=O)C4(NC(=O)OCC)CC4)cc3)cc2)CC1. The van der Waals surface area contributed by atoms with Gasteiger partial charge in [0.2, 0.25) is 23.6 Å². The van der Waals surface area contributed by atoms with E-state index in [2.05, 4.69) is 21.3 Å². The molecule has 2 saturated heterocycles. The Labute approximate surface area is 302 Å². The van der Waals surface area contributed by atoms with Gasteiger partial charge in [-0.05, 0) is 101 Å². The molecule has 0 spiro atoms. The van der Waals surface area contributed by atoms with Gasteiger partial charge in [-0.15, -0.1) is 0 Å². The highest BCUT2D eigenvalue weighted by Gasteiger charge is 2.56. The van der Waals surface area contributed by atoms with E-state index in [-0.39, 0.29) is 36.8 Å². The summed E-state index contributed by atoms with van der Waals surface area (Å²) in [6.07, 6.45) is 7.21. The van der Waals surface area contributed by atoms with Gasteiger partial charge >= 0.3 is 12.2 Å². The molecule has 14 heteroatoms. The molecule has 0 bridgehead atoms. The highest BCUT2D eigenvalue weighted by atomic mass is 16.6. The third-order valence-electron chi connectivity index (χ3n) is 10.0. The van der Waals surface area contributed by atoms with E-state index in [9.17, 15) is 28.8 Å². The van der Waals surface area contributed by atoms with Crippen LogP contribution in [-0.4, -0.2) is 95.1 Å². The summed E-state index contributed by atoms with van der Waals surface area (Å²) >= 11 is 0. The first-order chi connectivity index (χ1) is 25.1. The lowest BCUT2D eigenvalue weighted by Crippen LogP contribution is -2.54. The number of amides is 6. The monoisotopic (exact) mass is 714 g/mol. The maximum absolute atomic E-state index is 13.3.